The number of hydrogen-bond donors (Lipinski definition) is 1. The zero-order valence-electron chi connectivity index (χ0n) is 12.8. The fraction of sp³-hybridized carbons (Fsp3) is 0.706. The molecule has 0 aromatic heterocycles. The molecule has 0 saturated heterocycles. The number of rotatable bonds is 10. The fourth-order valence-corrected chi connectivity index (χ4v) is 2.88. The van der Waals surface area contributed by atoms with Crippen molar-refractivity contribution in [1.29, 1.82) is 0 Å². The monoisotopic (exact) mass is 294 g/mol. The minimum absolute atomic E-state index is 0.0605. The summed E-state index contributed by atoms with van der Waals surface area (Å²) in [5.41, 5.74) is 0. The quantitative estimate of drug-likeness (QED) is 0.494. The predicted octanol–water partition coefficient (Wildman–Crippen LogP) is 3.54. The second-order valence-corrected chi connectivity index (χ2v) is 5.80. The number of unbranched alkanes of at least 4 members (excludes halogenated alkanes) is 3. The van der Waals surface area contributed by atoms with Crippen LogP contribution in [0.1, 0.15) is 64.7 Å². The largest absolute Gasteiger partial charge is 0.481 e. The van der Waals surface area contributed by atoms with Crippen LogP contribution in [0.25, 0.3) is 0 Å². The molecule has 2 atom stereocenters. The number of ketones is 2. The van der Waals surface area contributed by atoms with Gasteiger partial charge in [0.25, 0.3) is 0 Å². The van der Waals surface area contributed by atoms with Crippen LogP contribution in [0.3, 0.4) is 0 Å². The zero-order valence-corrected chi connectivity index (χ0v) is 12.8. The minimum Gasteiger partial charge on any atom is -0.481 e. The second-order valence-electron chi connectivity index (χ2n) is 5.80. The molecule has 0 spiro atoms. The summed E-state index contributed by atoms with van der Waals surface area (Å²) in [5, 5.41) is 8.56. The first-order valence-electron chi connectivity index (χ1n) is 8.00. The van der Waals surface area contributed by atoms with Gasteiger partial charge < -0.3 is 5.11 Å². The summed E-state index contributed by atoms with van der Waals surface area (Å²) < 4.78 is 0. The Labute approximate surface area is 126 Å². The maximum atomic E-state index is 11.9. The van der Waals surface area contributed by atoms with Crippen LogP contribution in [-0.2, 0) is 14.4 Å². The summed E-state index contributed by atoms with van der Waals surface area (Å²) in [6, 6.07) is 0. The number of carbonyl (C=O) groups excluding carboxylic acids is 2. The summed E-state index contributed by atoms with van der Waals surface area (Å²) in [5.74, 6) is -0.0370. The lowest BCUT2D eigenvalue weighted by molar-refractivity contribution is -0.137. The third-order valence-corrected chi connectivity index (χ3v) is 4.19. The Kier molecular flexibility index (Phi) is 7.95. The smallest absolute Gasteiger partial charge is 0.303 e. The predicted molar refractivity (Wildman–Crippen MR) is 81.0 cm³/mol. The van der Waals surface area contributed by atoms with E-state index in [0.717, 1.165) is 32.1 Å². The number of carboxylic acid groups (broad SMARTS) is 1. The Morgan fingerprint density at radius 2 is 1.95 bits per heavy atom. The molecular formula is C17H26O4. The number of allylic oxidation sites excluding steroid dienone is 2. The van der Waals surface area contributed by atoms with Gasteiger partial charge in [0.1, 0.15) is 5.78 Å². The Balaban J connectivity index is 2.30. The van der Waals surface area contributed by atoms with Crippen LogP contribution in [-0.4, -0.2) is 22.6 Å². The molecule has 21 heavy (non-hydrogen) atoms. The molecule has 1 N–H and O–H groups in total. The van der Waals surface area contributed by atoms with Crippen LogP contribution in [0.4, 0.5) is 0 Å². The summed E-state index contributed by atoms with van der Waals surface area (Å²) in [4.78, 5) is 33.6. The van der Waals surface area contributed by atoms with E-state index in [9.17, 15) is 14.4 Å². The molecule has 0 aromatic carbocycles. The standard InChI is InChI=1S/C17H26O4/c1-2-14(18)11-9-13-10-12-16(19)15(13)7-5-3-4-6-8-17(20)21/h9,11,13,15H,2-8,10,12H2,1H3,(H,20,21). The van der Waals surface area contributed by atoms with E-state index >= 15 is 0 Å². The van der Waals surface area contributed by atoms with Gasteiger partial charge in [0.15, 0.2) is 5.78 Å². The molecule has 2 unspecified atom stereocenters. The number of carbonyl (C=O) groups is 3. The molecule has 0 aliphatic heterocycles. The van der Waals surface area contributed by atoms with Crippen molar-refractivity contribution in [2.75, 3.05) is 0 Å². The van der Waals surface area contributed by atoms with Crippen LogP contribution < -0.4 is 0 Å². The first-order chi connectivity index (χ1) is 10.0. The van der Waals surface area contributed by atoms with Gasteiger partial charge in [0.2, 0.25) is 0 Å². The van der Waals surface area contributed by atoms with Gasteiger partial charge in [0, 0.05) is 25.2 Å². The highest BCUT2D eigenvalue weighted by Crippen LogP contribution is 2.33. The summed E-state index contributed by atoms with van der Waals surface area (Å²) in [6.07, 6.45) is 10.2. The van der Waals surface area contributed by atoms with E-state index in [2.05, 4.69) is 0 Å². The molecule has 1 aliphatic carbocycles. The van der Waals surface area contributed by atoms with E-state index in [0.29, 0.717) is 25.0 Å². The third-order valence-electron chi connectivity index (χ3n) is 4.19. The number of Topliss-reactive ketones (excluding diaryl/α,β-unsaturated/α-hetero) is 1. The van der Waals surface area contributed by atoms with Crippen LogP contribution in [0.2, 0.25) is 0 Å². The van der Waals surface area contributed by atoms with Gasteiger partial charge in [-0.05, 0) is 31.3 Å². The van der Waals surface area contributed by atoms with E-state index in [-0.39, 0.29) is 24.0 Å². The Morgan fingerprint density at radius 1 is 1.24 bits per heavy atom. The molecule has 118 valence electrons. The van der Waals surface area contributed by atoms with Gasteiger partial charge in [-0.1, -0.05) is 32.3 Å². The molecular weight excluding hydrogens is 268 g/mol. The van der Waals surface area contributed by atoms with Crippen LogP contribution in [0.15, 0.2) is 12.2 Å². The zero-order chi connectivity index (χ0) is 15.7. The molecule has 0 radical (unpaired) electrons. The Bertz CT molecular complexity index is 398. The lowest BCUT2D eigenvalue weighted by atomic mass is 9.89. The molecule has 4 nitrogen and oxygen atoms in total. The minimum atomic E-state index is -0.744. The van der Waals surface area contributed by atoms with Crippen molar-refractivity contribution in [2.45, 2.75) is 64.7 Å². The average molecular weight is 294 g/mol. The molecule has 1 fully saturated rings. The van der Waals surface area contributed by atoms with Gasteiger partial charge >= 0.3 is 5.97 Å². The first kappa shape index (κ1) is 17.6. The van der Waals surface area contributed by atoms with E-state index in [1.807, 2.05) is 13.0 Å². The highest BCUT2D eigenvalue weighted by atomic mass is 16.4. The van der Waals surface area contributed by atoms with Crippen molar-refractivity contribution in [2.24, 2.45) is 11.8 Å². The molecule has 4 heteroatoms. The summed E-state index contributed by atoms with van der Waals surface area (Å²) in [7, 11) is 0. The SMILES string of the molecule is CCC(=O)C=CC1CCC(=O)C1CCCCCCC(=O)O. The van der Waals surface area contributed by atoms with Gasteiger partial charge in [-0.15, -0.1) is 0 Å². The molecule has 1 aliphatic rings. The van der Waals surface area contributed by atoms with E-state index in [1.165, 1.54) is 0 Å². The number of hydrogen-bond acceptors (Lipinski definition) is 3. The third kappa shape index (κ3) is 6.69. The van der Waals surface area contributed by atoms with E-state index < -0.39 is 5.97 Å². The summed E-state index contributed by atoms with van der Waals surface area (Å²) >= 11 is 0. The average Bonchev–Trinajstić information content (AvgIpc) is 2.80. The van der Waals surface area contributed by atoms with Crippen LogP contribution in [0.5, 0.6) is 0 Å². The van der Waals surface area contributed by atoms with Gasteiger partial charge in [-0.25, -0.2) is 0 Å². The highest BCUT2D eigenvalue weighted by molar-refractivity contribution is 5.89. The maximum absolute atomic E-state index is 11.9. The second kappa shape index (κ2) is 9.48. The normalized spacial score (nSPS) is 22.0. The number of aliphatic carboxylic acids is 1. The molecule has 1 saturated carbocycles. The molecule has 0 amide bonds. The van der Waals surface area contributed by atoms with Crippen molar-refractivity contribution >= 4 is 17.5 Å². The molecule has 1 rings (SSSR count). The topological polar surface area (TPSA) is 71.4 Å². The molecule has 0 aromatic rings. The van der Waals surface area contributed by atoms with Crippen LogP contribution >= 0.6 is 0 Å². The Hall–Kier alpha value is -1.45. The van der Waals surface area contributed by atoms with Gasteiger partial charge in [-0.2, -0.15) is 0 Å². The summed E-state index contributed by atoms with van der Waals surface area (Å²) in [6.45, 7) is 1.83. The van der Waals surface area contributed by atoms with Crippen LogP contribution in [0, 0.1) is 11.8 Å². The van der Waals surface area contributed by atoms with Crippen molar-refractivity contribution < 1.29 is 19.5 Å². The van der Waals surface area contributed by atoms with Crippen molar-refractivity contribution in [1.82, 2.24) is 0 Å². The lowest BCUT2D eigenvalue weighted by Gasteiger charge is -2.14. The fourth-order valence-electron chi connectivity index (χ4n) is 2.88. The van der Waals surface area contributed by atoms with Crippen molar-refractivity contribution in [3.05, 3.63) is 12.2 Å². The Morgan fingerprint density at radius 3 is 2.62 bits per heavy atom. The van der Waals surface area contributed by atoms with Gasteiger partial charge in [-0.3, -0.25) is 14.4 Å². The van der Waals surface area contributed by atoms with Gasteiger partial charge in [0.05, 0.1) is 0 Å². The van der Waals surface area contributed by atoms with E-state index in [1.54, 1.807) is 6.08 Å². The lowest BCUT2D eigenvalue weighted by Crippen LogP contribution is -2.13. The van der Waals surface area contributed by atoms with Crippen molar-refractivity contribution in [3.63, 3.8) is 0 Å². The van der Waals surface area contributed by atoms with Crippen molar-refractivity contribution in [3.8, 4) is 0 Å². The highest BCUT2D eigenvalue weighted by Gasteiger charge is 2.32. The van der Waals surface area contributed by atoms with E-state index in [4.69, 9.17) is 5.11 Å². The first-order valence-corrected chi connectivity index (χ1v) is 8.00. The maximum Gasteiger partial charge on any atom is 0.303 e. The number of carboxylic acids is 1. The molecule has 0 heterocycles. The molecule has 0 bridgehead atoms.